The molecule has 0 amide bonds. The second-order valence-electron chi connectivity index (χ2n) is 5.04. The molecule has 0 aliphatic heterocycles. The van der Waals surface area contributed by atoms with Crippen molar-refractivity contribution in [1.82, 2.24) is 15.2 Å². The monoisotopic (exact) mass is 271 g/mol. The molecule has 0 radical (unpaired) electrons. The molecule has 0 fully saturated rings. The van der Waals surface area contributed by atoms with E-state index in [9.17, 15) is 0 Å². The second-order valence-corrected chi connectivity index (χ2v) is 5.04. The van der Waals surface area contributed by atoms with Crippen LogP contribution in [-0.2, 0) is 13.1 Å². The molecule has 0 bridgehead atoms. The molecule has 2 aromatic rings. The van der Waals surface area contributed by atoms with Crippen LogP contribution in [0.15, 0.2) is 18.2 Å². The molecule has 0 saturated carbocycles. The minimum Gasteiger partial charge on any atom is -0.352 e. The van der Waals surface area contributed by atoms with Gasteiger partial charge in [-0.2, -0.15) is 5.10 Å². The van der Waals surface area contributed by atoms with E-state index < -0.39 is 0 Å². The number of hydrogen-bond acceptors (Lipinski definition) is 5. The Bertz CT molecular complexity index is 609. The summed E-state index contributed by atoms with van der Waals surface area (Å²) in [7, 11) is 1.99. The highest BCUT2D eigenvalue weighted by Gasteiger charge is 2.14. The van der Waals surface area contributed by atoms with Gasteiger partial charge in [-0.15, -0.1) is 5.10 Å². The number of aromatic nitrogens is 3. The smallest absolute Gasteiger partial charge is 0.156 e. The van der Waals surface area contributed by atoms with Crippen molar-refractivity contribution in [2.75, 3.05) is 11.9 Å². The van der Waals surface area contributed by atoms with Crippen molar-refractivity contribution in [3.05, 3.63) is 46.4 Å². The average molecular weight is 271 g/mol. The largest absolute Gasteiger partial charge is 0.352 e. The Morgan fingerprint density at radius 2 is 1.90 bits per heavy atom. The summed E-state index contributed by atoms with van der Waals surface area (Å²) in [5.74, 6) is 0.832. The van der Waals surface area contributed by atoms with Crippen LogP contribution in [0.3, 0.4) is 0 Å². The lowest BCUT2D eigenvalue weighted by Crippen LogP contribution is -2.22. The number of pyridine rings is 1. The minimum atomic E-state index is 0.461. The minimum absolute atomic E-state index is 0.461. The fourth-order valence-corrected chi connectivity index (χ4v) is 2.20. The van der Waals surface area contributed by atoms with Crippen molar-refractivity contribution >= 4 is 5.82 Å². The molecule has 20 heavy (non-hydrogen) atoms. The number of anilines is 1. The van der Waals surface area contributed by atoms with Gasteiger partial charge in [-0.05, 0) is 38.5 Å². The number of hydrogen-bond donors (Lipinski definition) is 1. The third kappa shape index (κ3) is 2.93. The Morgan fingerprint density at radius 3 is 2.55 bits per heavy atom. The summed E-state index contributed by atoms with van der Waals surface area (Å²) in [5, 5.41) is 8.50. The lowest BCUT2D eigenvalue weighted by atomic mass is 10.1. The van der Waals surface area contributed by atoms with E-state index in [4.69, 9.17) is 5.73 Å². The van der Waals surface area contributed by atoms with Gasteiger partial charge in [0.25, 0.3) is 0 Å². The molecular weight excluding hydrogens is 250 g/mol. The van der Waals surface area contributed by atoms with Crippen molar-refractivity contribution < 1.29 is 0 Å². The molecule has 2 aromatic heterocycles. The summed E-state index contributed by atoms with van der Waals surface area (Å²) in [6.45, 7) is 7.13. The fraction of sp³-hybridized carbons (Fsp3) is 0.400. The van der Waals surface area contributed by atoms with Gasteiger partial charge in [0.1, 0.15) is 0 Å². The summed E-state index contributed by atoms with van der Waals surface area (Å²) in [6.07, 6.45) is 0. The lowest BCUT2D eigenvalue weighted by Gasteiger charge is -2.21. The van der Waals surface area contributed by atoms with Gasteiger partial charge in [0.15, 0.2) is 5.82 Å². The van der Waals surface area contributed by atoms with Crippen LogP contribution in [0, 0.1) is 20.8 Å². The predicted octanol–water partition coefficient (Wildman–Crippen LogP) is 1.89. The van der Waals surface area contributed by atoms with Crippen LogP contribution >= 0.6 is 0 Å². The van der Waals surface area contributed by atoms with Crippen LogP contribution in [0.5, 0.6) is 0 Å². The number of rotatable bonds is 4. The Kier molecular flexibility index (Phi) is 4.29. The maximum absolute atomic E-state index is 5.87. The fourth-order valence-electron chi connectivity index (χ4n) is 2.20. The maximum Gasteiger partial charge on any atom is 0.156 e. The van der Waals surface area contributed by atoms with Crippen molar-refractivity contribution in [2.45, 2.75) is 33.9 Å². The van der Waals surface area contributed by atoms with Crippen LogP contribution in [-0.4, -0.2) is 22.2 Å². The maximum atomic E-state index is 5.87. The van der Waals surface area contributed by atoms with Crippen LogP contribution < -0.4 is 10.6 Å². The van der Waals surface area contributed by atoms with Crippen LogP contribution in [0.25, 0.3) is 0 Å². The molecule has 0 atom stereocenters. The first-order valence-electron chi connectivity index (χ1n) is 6.69. The Labute approximate surface area is 119 Å². The summed E-state index contributed by atoms with van der Waals surface area (Å²) < 4.78 is 0. The van der Waals surface area contributed by atoms with E-state index in [1.807, 2.05) is 50.9 Å². The van der Waals surface area contributed by atoms with Crippen molar-refractivity contribution in [3.8, 4) is 0 Å². The zero-order valence-electron chi connectivity index (χ0n) is 12.5. The Balaban J connectivity index is 2.29. The van der Waals surface area contributed by atoms with Gasteiger partial charge in [0.2, 0.25) is 0 Å². The molecule has 2 rings (SSSR count). The van der Waals surface area contributed by atoms with Gasteiger partial charge < -0.3 is 10.6 Å². The molecular formula is C15H21N5. The zero-order valence-corrected chi connectivity index (χ0v) is 12.5. The van der Waals surface area contributed by atoms with Crippen LogP contribution in [0.4, 0.5) is 5.82 Å². The molecule has 0 unspecified atom stereocenters. The van der Waals surface area contributed by atoms with Crippen molar-refractivity contribution in [2.24, 2.45) is 5.73 Å². The number of aryl methyl sites for hydroxylation is 2. The van der Waals surface area contributed by atoms with E-state index >= 15 is 0 Å². The molecule has 0 spiro atoms. The lowest BCUT2D eigenvalue weighted by molar-refractivity contribution is 0.806. The van der Waals surface area contributed by atoms with Crippen molar-refractivity contribution in [1.29, 1.82) is 0 Å². The summed E-state index contributed by atoms with van der Waals surface area (Å²) in [4.78, 5) is 6.56. The highest BCUT2D eigenvalue weighted by Crippen LogP contribution is 2.21. The molecule has 5 nitrogen and oxygen atoms in total. The van der Waals surface area contributed by atoms with E-state index in [2.05, 4.69) is 15.2 Å². The molecule has 0 saturated heterocycles. The van der Waals surface area contributed by atoms with E-state index in [1.54, 1.807) is 0 Å². The highest BCUT2D eigenvalue weighted by atomic mass is 15.3. The molecule has 0 aliphatic rings. The molecule has 0 aromatic carbocycles. The van der Waals surface area contributed by atoms with Crippen LogP contribution in [0.2, 0.25) is 0 Å². The summed E-state index contributed by atoms with van der Waals surface area (Å²) in [6, 6.07) is 6.02. The van der Waals surface area contributed by atoms with Gasteiger partial charge in [-0.25, -0.2) is 0 Å². The summed E-state index contributed by atoms with van der Waals surface area (Å²) in [5.41, 5.74) is 11.0. The Hall–Kier alpha value is -2.01. The standard InChI is InChI=1S/C15H21N5/c1-10-6-5-7-13(17-10)9-20(4)15-14(8-16)11(2)12(3)18-19-15/h5-7H,8-9,16H2,1-4H3. The molecule has 106 valence electrons. The van der Waals surface area contributed by atoms with Crippen molar-refractivity contribution in [3.63, 3.8) is 0 Å². The first-order chi connectivity index (χ1) is 9.52. The SMILES string of the molecule is Cc1cccc(CN(C)c2nnc(C)c(C)c2CN)n1. The average Bonchev–Trinajstić information content (AvgIpc) is 2.41. The zero-order chi connectivity index (χ0) is 14.7. The third-order valence-corrected chi connectivity index (χ3v) is 3.47. The topological polar surface area (TPSA) is 67.9 Å². The first kappa shape index (κ1) is 14.4. The van der Waals surface area contributed by atoms with E-state index in [0.717, 1.165) is 34.0 Å². The van der Waals surface area contributed by atoms with E-state index in [1.165, 1.54) is 0 Å². The molecule has 0 aliphatic carbocycles. The van der Waals surface area contributed by atoms with Gasteiger partial charge in [-0.1, -0.05) is 6.07 Å². The van der Waals surface area contributed by atoms with Gasteiger partial charge in [0, 0.05) is 24.8 Å². The first-order valence-corrected chi connectivity index (χ1v) is 6.69. The predicted molar refractivity (Wildman–Crippen MR) is 80.5 cm³/mol. The third-order valence-electron chi connectivity index (χ3n) is 3.47. The number of nitrogens with two attached hydrogens (primary N) is 1. The summed E-state index contributed by atoms with van der Waals surface area (Å²) >= 11 is 0. The second kappa shape index (κ2) is 5.96. The molecule has 5 heteroatoms. The van der Waals surface area contributed by atoms with Crippen LogP contribution in [0.1, 0.15) is 28.2 Å². The molecule has 2 N–H and O–H groups in total. The van der Waals surface area contributed by atoms with E-state index in [-0.39, 0.29) is 0 Å². The van der Waals surface area contributed by atoms with E-state index in [0.29, 0.717) is 13.1 Å². The Morgan fingerprint density at radius 1 is 1.15 bits per heavy atom. The van der Waals surface area contributed by atoms with Gasteiger partial charge in [0.05, 0.1) is 17.9 Å². The molecule has 2 heterocycles. The number of nitrogens with zero attached hydrogens (tertiary/aromatic N) is 4. The quantitative estimate of drug-likeness (QED) is 0.919. The van der Waals surface area contributed by atoms with Gasteiger partial charge in [-0.3, -0.25) is 4.98 Å². The highest BCUT2D eigenvalue weighted by molar-refractivity contribution is 5.50. The normalized spacial score (nSPS) is 10.7. The van der Waals surface area contributed by atoms with Gasteiger partial charge >= 0.3 is 0 Å².